The van der Waals surface area contributed by atoms with Crippen molar-refractivity contribution in [1.29, 1.82) is 0 Å². The van der Waals surface area contributed by atoms with E-state index >= 15 is 0 Å². The average Bonchev–Trinajstić information content (AvgIpc) is 3.19. The predicted octanol–water partition coefficient (Wildman–Crippen LogP) is 3.37. The third-order valence-corrected chi connectivity index (χ3v) is 4.76. The second-order valence-corrected chi connectivity index (χ2v) is 6.55. The molecular weight excluding hydrogens is 290 g/mol. The number of carbonyl (C=O) groups excluding carboxylic acids is 1. The summed E-state index contributed by atoms with van der Waals surface area (Å²) in [7, 11) is 0. The molecular formula is C19H21NO3. The summed E-state index contributed by atoms with van der Waals surface area (Å²) in [5, 5.41) is 0. The Labute approximate surface area is 136 Å². The molecule has 4 heteroatoms. The highest BCUT2D eigenvalue weighted by molar-refractivity contribution is 5.83. The lowest BCUT2D eigenvalue weighted by atomic mass is 10.1. The molecule has 0 radical (unpaired) electrons. The summed E-state index contributed by atoms with van der Waals surface area (Å²) in [6.45, 7) is 3.34. The summed E-state index contributed by atoms with van der Waals surface area (Å²) >= 11 is 0. The minimum absolute atomic E-state index is 0.0373. The Hall–Kier alpha value is -2.07. The van der Waals surface area contributed by atoms with Crippen LogP contribution in [0.5, 0.6) is 0 Å². The van der Waals surface area contributed by atoms with E-state index in [0.717, 1.165) is 17.7 Å². The first-order chi connectivity index (χ1) is 11.2. The zero-order valence-corrected chi connectivity index (χ0v) is 13.2. The van der Waals surface area contributed by atoms with Crippen LogP contribution in [0.4, 0.5) is 0 Å². The third-order valence-electron chi connectivity index (χ3n) is 4.76. The Kier molecular flexibility index (Phi) is 3.69. The largest absolute Gasteiger partial charge is 0.469 e. The monoisotopic (exact) mass is 311 g/mol. The van der Waals surface area contributed by atoms with Gasteiger partial charge in [0.15, 0.2) is 0 Å². The summed E-state index contributed by atoms with van der Waals surface area (Å²) in [6.07, 6.45) is 2.59. The van der Waals surface area contributed by atoms with Crippen molar-refractivity contribution in [3.63, 3.8) is 0 Å². The second kappa shape index (κ2) is 5.85. The predicted molar refractivity (Wildman–Crippen MR) is 85.9 cm³/mol. The van der Waals surface area contributed by atoms with Crippen LogP contribution in [0.1, 0.15) is 36.7 Å². The smallest absolute Gasteiger partial charge is 0.226 e. The highest BCUT2D eigenvalue weighted by Gasteiger charge is 2.48. The molecule has 1 saturated heterocycles. The van der Waals surface area contributed by atoms with Crippen LogP contribution in [0.25, 0.3) is 0 Å². The molecule has 1 aromatic heterocycles. The van der Waals surface area contributed by atoms with Crippen molar-refractivity contribution in [1.82, 2.24) is 4.90 Å². The summed E-state index contributed by atoms with van der Waals surface area (Å²) < 4.78 is 11.5. The number of nitrogens with zero attached hydrogens (tertiary/aromatic N) is 1. The van der Waals surface area contributed by atoms with Gasteiger partial charge in [-0.2, -0.15) is 0 Å². The quantitative estimate of drug-likeness (QED) is 0.873. The molecule has 2 aromatic rings. The van der Waals surface area contributed by atoms with E-state index in [2.05, 4.69) is 12.1 Å². The molecule has 4 nitrogen and oxygen atoms in total. The minimum Gasteiger partial charge on any atom is -0.469 e. The zero-order valence-electron chi connectivity index (χ0n) is 13.2. The summed E-state index contributed by atoms with van der Waals surface area (Å²) in [5.41, 5.74) is 1.13. The molecule has 1 amide bonds. The van der Waals surface area contributed by atoms with Gasteiger partial charge in [-0.05, 0) is 31.0 Å². The molecule has 2 heterocycles. The van der Waals surface area contributed by atoms with Crippen molar-refractivity contribution in [2.24, 2.45) is 5.92 Å². The average molecular weight is 311 g/mol. The van der Waals surface area contributed by atoms with E-state index in [9.17, 15) is 4.79 Å². The number of carbonyl (C=O) groups is 1. The van der Waals surface area contributed by atoms with Gasteiger partial charge in [-0.1, -0.05) is 30.3 Å². The van der Waals surface area contributed by atoms with Gasteiger partial charge >= 0.3 is 0 Å². The molecule has 23 heavy (non-hydrogen) atoms. The van der Waals surface area contributed by atoms with Crippen LogP contribution in [0.15, 0.2) is 53.1 Å². The zero-order chi connectivity index (χ0) is 15.8. The molecule has 4 rings (SSSR count). The van der Waals surface area contributed by atoms with E-state index in [1.165, 1.54) is 0 Å². The number of rotatable bonds is 3. The summed E-state index contributed by atoms with van der Waals surface area (Å²) in [5.74, 6) is 1.50. The molecule has 1 saturated carbocycles. The second-order valence-electron chi connectivity index (χ2n) is 6.55. The van der Waals surface area contributed by atoms with E-state index in [4.69, 9.17) is 9.15 Å². The van der Waals surface area contributed by atoms with E-state index in [-0.39, 0.29) is 30.0 Å². The first kappa shape index (κ1) is 14.5. The van der Waals surface area contributed by atoms with Crippen LogP contribution in [0.3, 0.4) is 0 Å². The third kappa shape index (κ3) is 2.91. The molecule has 1 aromatic carbocycles. The standard InChI is InChI=1S/C19H21NO3/c1-13-11-20(12-18(23-13)14-6-3-2-4-7-14)19(21)16-10-15(16)17-8-5-9-22-17/h2-9,13,15-16,18H,10-12H2,1H3/t13-,15-,16-,18-/m1/s1. The van der Waals surface area contributed by atoms with Crippen LogP contribution >= 0.6 is 0 Å². The Morgan fingerprint density at radius 1 is 1.13 bits per heavy atom. The molecule has 0 unspecified atom stereocenters. The van der Waals surface area contributed by atoms with Gasteiger partial charge in [0.25, 0.3) is 0 Å². The van der Waals surface area contributed by atoms with Gasteiger partial charge in [0, 0.05) is 18.4 Å². The maximum absolute atomic E-state index is 12.8. The summed E-state index contributed by atoms with van der Waals surface area (Å²) in [6, 6.07) is 14.0. The molecule has 1 aliphatic heterocycles. The molecule has 1 aliphatic carbocycles. The molecule has 0 N–H and O–H groups in total. The molecule has 0 bridgehead atoms. The van der Waals surface area contributed by atoms with Gasteiger partial charge in [0.2, 0.25) is 5.91 Å². The van der Waals surface area contributed by atoms with Crippen molar-refractivity contribution in [2.45, 2.75) is 31.5 Å². The van der Waals surface area contributed by atoms with Gasteiger partial charge in [0.1, 0.15) is 11.9 Å². The minimum atomic E-state index is -0.0373. The fourth-order valence-electron chi connectivity index (χ4n) is 3.50. The Morgan fingerprint density at radius 2 is 1.96 bits per heavy atom. The van der Waals surface area contributed by atoms with Gasteiger partial charge in [-0.3, -0.25) is 4.79 Å². The van der Waals surface area contributed by atoms with Crippen LogP contribution in [0.2, 0.25) is 0 Å². The van der Waals surface area contributed by atoms with Crippen LogP contribution in [-0.2, 0) is 9.53 Å². The van der Waals surface area contributed by atoms with Crippen LogP contribution in [0, 0.1) is 5.92 Å². The van der Waals surface area contributed by atoms with Gasteiger partial charge in [-0.25, -0.2) is 0 Å². The fourth-order valence-corrected chi connectivity index (χ4v) is 3.50. The number of hydrogen-bond donors (Lipinski definition) is 0. The lowest BCUT2D eigenvalue weighted by Gasteiger charge is -2.37. The normalized spacial score (nSPS) is 30.2. The number of amides is 1. The van der Waals surface area contributed by atoms with Crippen molar-refractivity contribution >= 4 is 5.91 Å². The first-order valence-electron chi connectivity index (χ1n) is 8.25. The molecule has 0 spiro atoms. The Bertz CT molecular complexity index is 667. The van der Waals surface area contributed by atoms with E-state index in [0.29, 0.717) is 13.1 Å². The molecule has 4 atom stereocenters. The Morgan fingerprint density at radius 3 is 2.70 bits per heavy atom. The highest BCUT2D eigenvalue weighted by Crippen LogP contribution is 2.49. The van der Waals surface area contributed by atoms with Crippen molar-refractivity contribution in [2.75, 3.05) is 13.1 Å². The number of furan rings is 1. The van der Waals surface area contributed by atoms with Crippen LogP contribution in [-0.4, -0.2) is 30.0 Å². The molecule has 120 valence electrons. The van der Waals surface area contributed by atoms with Gasteiger partial charge < -0.3 is 14.1 Å². The first-order valence-corrected chi connectivity index (χ1v) is 8.25. The lowest BCUT2D eigenvalue weighted by molar-refractivity contribution is -0.146. The molecule has 2 aliphatic rings. The van der Waals surface area contributed by atoms with E-state index in [1.54, 1.807) is 6.26 Å². The van der Waals surface area contributed by atoms with Gasteiger partial charge in [-0.15, -0.1) is 0 Å². The fraction of sp³-hybridized carbons (Fsp3) is 0.421. The van der Waals surface area contributed by atoms with Gasteiger partial charge in [0.05, 0.1) is 18.9 Å². The van der Waals surface area contributed by atoms with E-state index < -0.39 is 0 Å². The van der Waals surface area contributed by atoms with Crippen molar-refractivity contribution < 1.29 is 13.9 Å². The maximum atomic E-state index is 12.8. The summed E-state index contributed by atoms with van der Waals surface area (Å²) in [4.78, 5) is 14.8. The van der Waals surface area contributed by atoms with Crippen molar-refractivity contribution in [3.05, 3.63) is 60.1 Å². The molecule has 2 fully saturated rings. The highest BCUT2D eigenvalue weighted by atomic mass is 16.5. The topological polar surface area (TPSA) is 42.7 Å². The maximum Gasteiger partial charge on any atom is 0.226 e. The van der Waals surface area contributed by atoms with E-state index in [1.807, 2.05) is 42.2 Å². The number of morpholine rings is 1. The van der Waals surface area contributed by atoms with Crippen LogP contribution < -0.4 is 0 Å². The number of ether oxygens (including phenoxy) is 1. The SMILES string of the molecule is C[C@@H]1CN(C(=O)[C@@H]2C[C@H]2c2ccco2)C[C@H](c2ccccc2)O1. The van der Waals surface area contributed by atoms with Crippen molar-refractivity contribution in [3.8, 4) is 0 Å². The lowest BCUT2D eigenvalue weighted by Crippen LogP contribution is -2.46. The Balaban J connectivity index is 1.45. The number of benzene rings is 1. The number of hydrogen-bond acceptors (Lipinski definition) is 3.